The summed E-state index contributed by atoms with van der Waals surface area (Å²) < 4.78 is 2.09. The number of amidine groups is 1. The zero-order chi connectivity index (χ0) is 44.4. The summed E-state index contributed by atoms with van der Waals surface area (Å²) >= 11 is 20.2. The first-order valence-corrected chi connectivity index (χ1v) is 23.7. The number of anilines is 1. The zero-order valence-electron chi connectivity index (χ0n) is 36.2. The smallest absolute Gasteiger partial charge is 0.234 e. The number of nitrogens with zero attached hydrogens (tertiary/aromatic N) is 9. The Hall–Kier alpha value is -4.38. The maximum absolute atomic E-state index is 14.0. The largest absolute Gasteiger partial charge is 0.355 e. The molecule has 2 saturated heterocycles. The highest BCUT2D eigenvalue weighted by atomic mass is 35.5. The van der Waals surface area contributed by atoms with Gasteiger partial charge in [-0.25, -0.2) is 0 Å². The normalized spacial score (nSPS) is 19.6. The van der Waals surface area contributed by atoms with Gasteiger partial charge < -0.3 is 20.4 Å². The molecule has 0 bridgehead atoms. The number of aryl methyl sites for hydroxylation is 2. The second kappa shape index (κ2) is 19.8. The van der Waals surface area contributed by atoms with Gasteiger partial charge in [0, 0.05) is 85.7 Å². The summed E-state index contributed by atoms with van der Waals surface area (Å²) in [6, 6.07) is 12.6. The maximum Gasteiger partial charge on any atom is 0.234 e. The van der Waals surface area contributed by atoms with Gasteiger partial charge in [-0.15, -0.1) is 21.5 Å². The quantitative estimate of drug-likeness (QED) is 0.147. The number of halogens is 3. The molecule has 2 aromatic heterocycles. The van der Waals surface area contributed by atoms with Crippen molar-refractivity contribution in [3.63, 3.8) is 0 Å². The Morgan fingerprint density at radius 1 is 0.873 bits per heavy atom. The molecule has 2 atom stereocenters. The van der Waals surface area contributed by atoms with Crippen molar-refractivity contribution in [2.24, 2.45) is 21.9 Å². The third kappa shape index (κ3) is 10.4. The number of likely N-dealkylation sites (tertiary alicyclic amines) is 1. The van der Waals surface area contributed by atoms with Gasteiger partial charge >= 0.3 is 0 Å². The third-order valence-electron chi connectivity index (χ3n) is 12.6. The third-order valence-corrected chi connectivity index (χ3v) is 14.7. The number of carbonyl (C=O) groups is 3. The second-order valence-electron chi connectivity index (χ2n) is 17.1. The summed E-state index contributed by atoms with van der Waals surface area (Å²) in [6.07, 6.45) is 2.93. The van der Waals surface area contributed by atoms with E-state index in [9.17, 15) is 14.4 Å². The number of carbonyl (C=O) groups excluding carboxylic acids is 3. The van der Waals surface area contributed by atoms with Gasteiger partial charge in [0.1, 0.15) is 22.7 Å². The van der Waals surface area contributed by atoms with Crippen molar-refractivity contribution in [3.8, 4) is 5.00 Å². The molecule has 14 nitrogen and oxygen atoms in total. The van der Waals surface area contributed by atoms with Gasteiger partial charge in [0.25, 0.3) is 0 Å². The number of amides is 3. The van der Waals surface area contributed by atoms with E-state index in [0.29, 0.717) is 58.7 Å². The zero-order valence-corrected chi connectivity index (χ0v) is 39.3. The molecule has 2 N–H and O–H groups in total. The molecule has 334 valence electrons. The number of nitrogens with one attached hydrogen (secondary N) is 2. The van der Waals surface area contributed by atoms with Crippen LogP contribution in [-0.2, 0) is 14.4 Å². The second-order valence-corrected chi connectivity index (χ2v) is 19.5. The molecule has 0 spiro atoms. The monoisotopic (exact) mass is 933 g/mol. The number of piperazine rings is 1. The summed E-state index contributed by atoms with van der Waals surface area (Å²) in [4.78, 5) is 52.6. The minimum atomic E-state index is -0.483. The van der Waals surface area contributed by atoms with Crippen molar-refractivity contribution < 1.29 is 14.4 Å². The standard InChI is InChI=1S/C45H54Cl3N11O3S/c1-27-24-58(34-11-12-35(47)36(48)22-34)54-43(27)51-38(60)6-5-15-49-39(61)26-56-20-18-55(19-21-56)25-31-13-16-57(17-14-31)40(62)23-37-44-53-52-30(4)59(44)45-41(28(2)29(3)63-45)42(50-37)32-7-9-33(46)10-8-32/h7-12,22,27,31,37H,5-6,13-21,23-26H2,1-4H3,(H,49,61)(H,51,54,60)/t27?,37-/m0/s1. The molecule has 0 aliphatic carbocycles. The van der Waals surface area contributed by atoms with Gasteiger partial charge in [0.05, 0.1) is 41.0 Å². The Morgan fingerprint density at radius 3 is 2.33 bits per heavy atom. The Morgan fingerprint density at radius 2 is 1.60 bits per heavy atom. The fraction of sp³-hybridized carbons (Fsp3) is 0.489. The van der Waals surface area contributed by atoms with Crippen molar-refractivity contribution in [2.75, 3.05) is 70.5 Å². The van der Waals surface area contributed by atoms with E-state index in [1.807, 2.05) is 49.1 Å². The molecule has 4 aliphatic heterocycles. The molecule has 6 heterocycles. The van der Waals surface area contributed by atoms with Crippen LogP contribution in [-0.4, -0.2) is 124 Å². The van der Waals surface area contributed by atoms with Crippen molar-refractivity contribution in [1.82, 2.24) is 40.1 Å². The Bertz CT molecular complexity index is 2400. The van der Waals surface area contributed by atoms with Crippen molar-refractivity contribution in [1.29, 1.82) is 0 Å². The summed E-state index contributed by atoms with van der Waals surface area (Å²) in [7, 11) is 0. The molecular weight excluding hydrogens is 881 g/mol. The highest BCUT2D eigenvalue weighted by molar-refractivity contribution is 7.15. The van der Waals surface area contributed by atoms with Crippen LogP contribution in [0.2, 0.25) is 15.1 Å². The number of hydrazone groups is 1. The lowest BCUT2D eigenvalue weighted by atomic mass is 9.95. The Kier molecular flexibility index (Phi) is 14.2. The number of piperidine rings is 1. The van der Waals surface area contributed by atoms with Gasteiger partial charge in [-0.1, -0.05) is 53.9 Å². The van der Waals surface area contributed by atoms with E-state index in [-0.39, 0.29) is 36.5 Å². The van der Waals surface area contributed by atoms with Crippen LogP contribution in [0.4, 0.5) is 5.69 Å². The van der Waals surface area contributed by atoms with Gasteiger partial charge in [-0.3, -0.25) is 33.9 Å². The summed E-state index contributed by atoms with van der Waals surface area (Å²) in [5.74, 6) is 2.56. The first-order valence-electron chi connectivity index (χ1n) is 21.8. The number of hydrogen-bond donors (Lipinski definition) is 2. The molecule has 4 aromatic rings. The molecular formula is C45H54Cl3N11O3S. The van der Waals surface area contributed by atoms with Crippen molar-refractivity contribution in [2.45, 2.75) is 65.8 Å². The minimum Gasteiger partial charge on any atom is -0.355 e. The van der Waals surface area contributed by atoms with E-state index >= 15 is 0 Å². The number of benzene rings is 2. The first kappa shape index (κ1) is 45.2. The summed E-state index contributed by atoms with van der Waals surface area (Å²) in [6.45, 7) is 15.5. The van der Waals surface area contributed by atoms with Crippen LogP contribution in [0.5, 0.6) is 0 Å². The highest BCUT2D eigenvalue weighted by Gasteiger charge is 2.35. The number of hydrogen-bond acceptors (Lipinski definition) is 11. The van der Waals surface area contributed by atoms with Crippen LogP contribution >= 0.6 is 46.1 Å². The predicted octanol–water partition coefficient (Wildman–Crippen LogP) is 6.84. The molecule has 0 radical (unpaired) electrons. The number of rotatable bonds is 12. The van der Waals surface area contributed by atoms with Crippen LogP contribution in [0, 0.1) is 32.6 Å². The van der Waals surface area contributed by atoms with Gasteiger partial charge in [-0.2, -0.15) is 5.10 Å². The van der Waals surface area contributed by atoms with Gasteiger partial charge in [-0.05, 0) is 81.8 Å². The van der Waals surface area contributed by atoms with E-state index in [1.54, 1.807) is 28.5 Å². The fourth-order valence-corrected chi connectivity index (χ4v) is 10.4. The van der Waals surface area contributed by atoms with E-state index in [2.05, 4.69) is 54.1 Å². The maximum atomic E-state index is 14.0. The highest BCUT2D eigenvalue weighted by Crippen LogP contribution is 2.40. The average Bonchev–Trinajstić information content (AvgIpc) is 3.90. The molecule has 8 rings (SSSR count). The molecule has 63 heavy (non-hydrogen) atoms. The molecule has 3 amide bonds. The SMILES string of the molecule is Cc1sc2c(c1C)C(c1ccc(Cl)cc1)=N[C@@H](CC(=O)N1CCC(CN3CCN(CC(=O)NCCCC(=O)NC4=NN(c5ccc(Cl)c(Cl)c5)CC4C)CC3)CC1)c1nnc(C)n1-2. The molecule has 2 fully saturated rings. The molecule has 18 heteroatoms. The molecule has 4 aliphatic rings. The minimum absolute atomic E-state index is 0.0284. The van der Waals surface area contributed by atoms with Crippen LogP contribution in [0.25, 0.3) is 5.00 Å². The Balaban J connectivity index is 0.752. The Labute approximate surface area is 387 Å². The van der Waals surface area contributed by atoms with Crippen molar-refractivity contribution >= 4 is 81.1 Å². The van der Waals surface area contributed by atoms with E-state index in [0.717, 1.165) is 97.6 Å². The predicted molar refractivity (Wildman–Crippen MR) is 251 cm³/mol. The van der Waals surface area contributed by atoms with Gasteiger partial charge in [0.2, 0.25) is 17.7 Å². The van der Waals surface area contributed by atoms with Crippen LogP contribution in [0.1, 0.15) is 78.3 Å². The van der Waals surface area contributed by atoms with Crippen LogP contribution < -0.4 is 15.6 Å². The number of aromatic nitrogens is 3. The summed E-state index contributed by atoms with van der Waals surface area (Å²) in [5.41, 5.74) is 4.83. The fourth-order valence-electron chi connectivity index (χ4n) is 8.80. The van der Waals surface area contributed by atoms with Crippen LogP contribution in [0.15, 0.2) is 52.6 Å². The molecule has 1 unspecified atom stereocenters. The first-order chi connectivity index (χ1) is 30.3. The number of fused-ring (bicyclic) bond motifs is 3. The average molecular weight is 935 g/mol. The van der Waals surface area contributed by atoms with E-state index < -0.39 is 6.04 Å². The van der Waals surface area contributed by atoms with Gasteiger partial charge in [0.15, 0.2) is 5.82 Å². The summed E-state index contributed by atoms with van der Waals surface area (Å²) in [5, 5.41) is 24.0. The van der Waals surface area contributed by atoms with E-state index in [4.69, 9.17) is 39.8 Å². The lowest BCUT2D eigenvalue weighted by Crippen LogP contribution is -2.51. The molecule has 0 saturated carbocycles. The lowest BCUT2D eigenvalue weighted by Gasteiger charge is -2.38. The van der Waals surface area contributed by atoms with E-state index in [1.165, 1.54) is 4.88 Å². The van der Waals surface area contributed by atoms with Crippen LogP contribution in [0.3, 0.4) is 0 Å². The van der Waals surface area contributed by atoms with Crippen molar-refractivity contribution in [3.05, 3.63) is 90.7 Å². The molecule has 2 aromatic carbocycles. The topological polar surface area (TPSA) is 144 Å². The number of thiophene rings is 1. The number of aliphatic imine (C=N–C) groups is 1. The lowest BCUT2D eigenvalue weighted by molar-refractivity contribution is -0.133.